The molecule has 2 aromatic heterocycles. The third-order valence-electron chi connectivity index (χ3n) is 7.65. The summed E-state index contributed by atoms with van der Waals surface area (Å²) >= 11 is 4.07. The lowest BCUT2D eigenvalue weighted by Crippen LogP contribution is -2.34. The number of nitrogens with one attached hydrogen (secondary N) is 3. The summed E-state index contributed by atoms with van der Waals surface area (Å²) in [6.45, 7) is 0.149. The Balaban J connectivity index is 1.25. The van der Waals surface area contributed by atoms with E-state index in [0.717, 1.165) is 35.8 Å². The third-order valence-corrected chi connectivity index (χ3v) is 9.24. The highest BCUT2D eigenvalue weighted by atomic mass is 79.9. The van der Waals surface area contributed by atoms with Crippen molar-refractivity contribution in [1.82, 2.24) is 25.6 Å². The molecule has 15 heteroatoms. The van der Waals surface area contributed by atoms with E-state index in [9.17, 15) is 22.8 Å². The molecule has 0 atom stereocenters. The van der Waals surface area contributed by atoms with Crippen LogP contribution < -0.4 is 15.5 Å². The lowest BCUT2D eigenvalue weighted by molar-refractivity contribution is -0.138. The number of carbonyl (C=O) groups excluding carboxylic acids is 2. The molecule has 1 aliphatic rings. The number of benzene rings is 3. The van der Waals surface area contributed by atoms with Crippen molar-refractivity contribution in [2.24, 2.45) is 0 Å². The van der Waals surface area contributed by atoms with Crippen LogP contribution in [-0.4, -0.2) is 37.5 Å². The lowest BCUT2D eigenvalue weighted by atomic mass is 9.84. The summed E-state index contributed by atoms with van der Waals surface area (Å²) in [5, 5.41) is 18.5. The molecule has 3 N–H and O–H groups in total. The number of hydrogen-bond acceptors (Lipinski definition) is 7. The third kappa shape index (κ3) is 7.14. The first-order valence-corrected chi connectivity index (χ1v) is 15.7. The Labute approximate surface area is 267 Å². The molecule has 45 heavy (non-hydrogen) atoms. The van der Waals surface area contributed by atoms with Crippen molar-refractivity contribution in [3.8, 4) is 0 Å². The Bertz CT molecular complexity index is 1810. The Morgan fingerprint density at radius 2 is 1.73 bits per heavy atom. The van der Waals surface area contributed by atoms with Gasteiger partial charge in [-0.15, -0.1) is 5.10 Å². The number of hydrogen-bond donors (Lipinski definition) is 3. The van der Waals surface area contributed by atoms with E-state index in [1.807, 2.05) is 24.3 Å². The van der Waals surface area contributed by atoms with Gasteiger partial charge in [0.1, 0.15) is 0 Å². The number of amides is 3. The number of carbonyl (C=O) groups is 2. The van der Waals surface area contributed by atoms with Crippen LogP contribution >= 0.6 is 27.3 Å². The average molecular weight is 700 g/mol. The predicted molar refractivity (Wildman–Crippen MR) is 168 cm³/mol. The van der Waals surface area contributed by atoms with Crippen molar-refractivity contribution in [3.05, 3.63) is 87.4 Å². The summed E-state index contributed by atoms with van der Waals surface area (Å²) < 4.78 is 40.7. The van der Waals surface area contributed by atoms with Gasteiger partial charge in [-0.05, 0) is 71.5 Å². The minimum atomic E-state index is -4.55. The zero-order valence-electron chi connectivity index (χ0n) is 23.6. The topological polar surface area (TPSA) is 129 Å². The zero-order valence-corrected chi connectivity index (χ0v) is 26.0. The van der Waals surface area contributed by atoms with Crippen LogP contribution in [0.2, 0.25) is 0 Å². The van der Waals surface area contributed by atoms with Crippen LogP contribution in [0.5, 0.6) is 0 Å². The standard InChI is InChI=1S/C30H26BrF3N8O2S/c31-23-15-25-24(14-22(23)30(32,33)34)35-28(45-25)37-29(44)42(21-12-10-19(11-13-21)18-4-2-1-3-5-18)16-17-6-8-20(9-7-17)26(43)36-27-38-40-41-39-27/h6-15,18H,1-5,16H2,(H,35,37,44)(H2,36,38,39,40,41,43). The highest BCUT2D eigenvalue weighted by Crippen LogP contribution is 2.39. The Morgan fingerprint density at radius 3 is 2.40 bits per heavy atom. The number of alkyl halides is 3. The van der Waals surface area contributed by atoms with Crippen LogP contribution in [0.15, 0.2) is 65.1 Å². The maximum Gasteiger partial charge on any atom is 0.417 e. The van der Waals surface area contributed by atoms with E-state index >= 15 is 0 Å². The number of aromatic amines is 1. The lowest BCUT2D eigenvalue weighted by Gasteiger charge is -2.25. The van der Waals surface area contributed by atoms with Gasteiger partial charge in [-0.3, -0.25) is 20.3 Å². The smallest absolute Gasteiger partial charge is 0.290 e. The van der Waals surface area contributed by atoms with Crippen molar-refractivity contribution in [3.63, 3.8) is 0 Å². The van der Waals surface area contributed by atoms with Crippen LogP contribution in [0.25, 0.3) is 10.2 Å². The van der Waals surface area contributed by atoms with Gasteiger partial charge < -0.3 is 0 Å². The predicted octanol–water partition coefficient (Wildman–Crippen LogP) is 8.13. The molecule has 0 saturated heterocycles. The van der Waals surface area contributed by atoms with Crippen LogP contribution in [0.4, 0.5) is 34.7 Å². The molecule has 3 amide bonds. The Morgan fingerprint density at radius 1 is 1.00 bits per heavy atom. The summed E-state index contributed by atoms with van der Waals surface area (Å²) in [6, 6.07) is 16.4. The second-order valence-corrected chi connectivity index (χ2v) is 12.5. The molecular formula is C30H26BrF3N8O2S. The summed E-state index contributed by atoms with van der Waals surface area (Å²) in [4.78, 5) is 32.1. The van der Waals surface area contributed by atoms with Gasteiger partial charge in [-0.2, -0.15) is 18.4 Å². The molecule has 6 rings (SSSR count). The van der Waals surface area contributed by atoms with Crippen LogP contribution in [0, 0.1) is 0 Å². The second kappa shape index (κ2) is 12.9. The number of H-pyrrole nitrogens is 1. The van der Waals surface area contributed by atoms with Crippen LogP contribution in [0.3, 0.4) is 0 Å². The van der Waals surface area contributed by atoms with E-state index in [1.54, 1.807) is 24.3 Å². The largest absolute Gasteiger partial charge is 0.417 e. The number of rotatable bonds is 7. The van der Waals surface area contributed by atoms with Gasteiger partial charge in [0.15, 0.2) is 5.13 Å². The fraction of sp³-hybridized carbons (Fsp3) is 0.267. The number of halogens is 4. The Hall–Kier alpha value is -4.37. The number of urea groups is 1. The van der Waals surface area contributed by atoms with Crippen molar-refractivity contribution in [1.29, 1.82) is 0 Å². The quantitative estimate of drug-likeness (QED) is 0.157. The molecule has 0 aliphatic heterocycles. The van der Waals surface area contributed by atoms with Crippen LogP contribution in [0.1, 0.15) is 65.1 Å². The molecule has 5 aromatic rings. The number of fused-ring (bicyclic) bond motifs is 1. The number of nitrogens with zero attached hydrogens (tertiary/aromatic N) is 5. The molecule has 0 unspecified atom stereocenters. The van der Waals surface area contributed by atoms with E-state index in [2.05, 4.69) is 52.2 Å². The zero-order chi connectivity index (χ0) is 31.6. The summed E-state index contributed by atoms with van der Waals surface area (Å²) in [5.41, 5.74) is 2.24. The minimum Gasteiger partial charge on any atom is -0.290 e. The molecule has 3 aromatic carbocycles. The molecular weight excluding hydrogens is 673 g/mol. The summed E-state index contributed by atoms with van der Waals surface area (Å²) in [6.07, 6.45) is 1.38. The first-order valence-electron chi connectivity index (χ1n) is 14.1. The number of anilines is 3. The highest BCUT2D eigenvalue weighted by Gasteiger charge is 2.34. The second-order valence-electron chi connectivity index (χ2n) is 10.6. The molecule has 0 radical (unpaired) electrons. The van der Waals surface area contributed by atoms with E-state index in [0.29, 0.717) is 21.9 Å². The van der Waals surface area contributed by atoms with Gasteiger partial charge in [0.2, 0.25) is 0 Å². The number of aromatic nitrogens is 5. The van der Waals surface area contributed by atoms with E-state index in [1.165, 1.54) is 35.8 Å². The van der Waals surface area contributed by atoms with Gasteiger partial charge >= 0.3 is 12.2 Å². The molecule has 1 saturated carbocycles. The van der Waals surface area contributed by atoms with E-state index in [-0.39, 0.29) is 27.6 Å². The molecule has 2 heterocycles. The molecule has 1 aliphatic carbocycles. The molecule has 0 spiro atoms. The molecule has 232 valence electrons. The monoisotopic (exact) mass is 698 g/mol. The number of tetrazole rings is 1. The molecule has 10 nitrogen and oxygen atoms in total. The first-order chi connectivity index (χ1) is 21.6. The van der Waals surface area contributed by atoms with Gasteiger partial charge in [-0.25, -0.2) is 9.78 Å². The van der Waals surface area contributed by atoms with E-state index in [4.69, 9.17) is 0 Å². The minimum absolute atomic E-state index is 0.0421. The molecule has 1 fully saturated rings. The van der Waals surface area contributed by atoms with Crippen LogP contribution in [-0.2, 0) is 12.7 Å². The van der Waals surface area contributed by atoms with Crippen molar-refractivity contribution in [2.75, 3.05) is 15.5 Å². The summed E-state index contributed by atoms with van der Waals surface area (Å²) in [5.74, 6) is 0.109. The molecule has 0 bridgehead atoms. The SMILES string of the molecule is O=C(Nc1nn[nH]n1)c1ccc(CN(C(=O)Nc2nc3cc(C(F)(F)F)c(Br)cc3s2)c2ccc(C3CCCCC3)cc2)cc1. The Kier molecular flexibility index (Phi) is 8.81. The van der Waals surface area contributed by atoms with Gasteiger partial charge in [0.05, 0.1) is 22.3 Å². The highest BCUT2D eigenvalue weighted by molar-refractivity contribution is 9.10. The maximum atomic E-state index is 13.7. The fourth-order valence-corrected chi connectivity index (χ4v) is 6.95. The normalized spacial score (nSPS) is 14.0. The van der Waals surface area contributed by atoms with Crippen molar-refractivity contribution < 1.29 is 22.8 Å². The van der Waals surface area contributed by atoms with Gasteiger partial charge in [0, 0.05) is 15.7 Å². The van der Waals surface area contributed by atoms with Gasteiger partial charge in [-0.1, -0.05) is 75.9 Å². The fourth-order valence-electron chi connectivity index (χ4n) is 5.35. The maximum absolute atomic E-state index is 13.7. The van der Waals surface area contributed by atoms with E-state index < -0.39 is 23.7 Å². The van der Waals surface area contributed by atoms with Crippen molar-refractivity contribution in [2.45, 2.75) is 50.7 Å². The van der Waals surface area contributed by atoms with Gasteiger partial charge in [0.25, 0.3) is 11.9 Å². The van der Waals surface area contributed by atoms with Crippen molar-refractivity contribution >= 4 is 66.2 Å². The summed E-state index contributed by atoms with van der Waals surface area (Å²) in [7, 11) is 0. The number of thiazole rings is 1. The first kappa shape index (κ1) is 30.6. The average Bonchev–Trinajstić information content (AvgIpc) is 3.69.